The van der Waals surface area contributed by atoms with E-state index in [1.807, 2.05) is 0 Å². The number of alkyl halides is 1. The molecule has 1 rings (SSSR count). The van der Waals surface area contributed by atoms with Crippen LogP contribution in [0.1, 0.15) is 32.6 Å². The minimum absolute atomic E-state index is 0.140. The second-order valence-electron chi connectivity index (χ2n) is 2.95. The molecule has 64 valence electrons. The third kappa shape index (κ3) is 2.97. The van der Waals surface area contributed by atoms with E-state index in [2.05, 4.69) is 22.6 Å². The van der Waals surface area contributed by atoms with Gasteiger partial charge in [0.15, 0.2) is 0 Å². The highest BCUT2D eigenvalue weighted by Gasteiger charge is 2.24. The molecule has 0 saturated heterocycles. The molecule has 1 aliphatic carbocycles. The molecule has 0 aromatic heterocycles. The molecule has 0 heterocycles. The van der Waals surface area contributed by atoms with Crippen molar-refractivity contribution in [3.63, 3.8) is 0 Å². The molecule has 0 bridgehead atoms. The quantitative estimate of drug-likeness (QED) is 0.414. The van der Waals surface area contributed by atoms with Crippen LogP contribution in [0.4, 0.5) is 0 Å². The van der Waals surface area contributed by atoms with Gasteiger partial charge in [0.1, 0.15) is 6.10 Å². The number of hydrogen-bond acceptors (Lipinski definition) is 2. The highest BCUT2D eigenvalue weighted by Crippen LogP contribution is 2.27. The van der Waals surface area contributed by atoms with Crippen LogP contribution in [0.15, 0.2) is 0 Å². The Morgan fingerprint density at radius 3 is 2.64 bits per heavy atom. The van der Waals surface area contributed by atoms with Crippen LogP contribution in [-0.2, 0) is 9.53 Å². The lowest BCUT2D eigenvalue weighted by Crippen LogP contribution is -2.29. The monoisotopic (exact) mass is 268 g/mol. The summed E-state index contributed by atoms with van der Waals surface area (Å²) in [6, 6.07) is 0. The number of hydrogen-bond donors (Lipinski definition) is 0. The van der Waals surface area contributed by atoms with Gasteiger partial charge in [0, 0.05) is 10.8 Å². The molecule has 0 aliphatic heterocycles. The van der Waals surface area contributed by atoms with Gasteiger partial charge in [-0.1, -0.05) is 29.0 Å². The maximum Gasteiger partial charge on any atom is 0.302 e. The zero-order valence-electron chi connectivity index (χ0n) is 6.68. The minimum atomic E-state index is -0.140. The first-order chi connectivity index (χ1) is 5.20. The topological polar surface area (TPSA) is 26.3 Å². The molecular formula is C8H13IO2. The Bertz CT molecular complexity index is 147. The Morgan fingerprint density at radius 1 is 1.45 bits per heavy atom. The summed E-state index contributed by atoms with van der Waals surface area (Å²) in [5.41, 5.74) is 0. The average molecular weight is 268 g/mol. The summed E-state index contributed by atoms with van der Waals surface area (Å²) in [5.74, 6) is -0.140. The molecule has 1 saturated carbocycles. The zero-order chi connectivity index (χ0) is 8.27. The van der Waals surface area contributed by atoms with Crippen molar-refractivity contribution in [2.45, 2.75) is 42.6 Å². The van der Waals surface area contributed by atoms with Crippen molar-refractivity contribution < 1.29 is 9.53 Å². The molecular weight excluding hydrogens is 255 g/mol. The van der Waals surface area contributed by atoms with Gasteiger partial charge >= 0.3 is 5.97 Å². The van der Waals surface area contributed by atoms with Crippen LogP contribution in [0.2, 0.25) is 0 Å². The number of rotatable bonds is 1. The maximum atomic E-state index is 10.6. The molecule has 0 aromatic rings. The summed E-state index contributed by atoms with van der Waals surface area (Å²) in [5, 5.41) is 0. The van der Waals surface area contributed by atoms with Gasteiger partial charge in [0.25, 0.3) is 0 Å². The molecule has 2 nitrogen and oxygen atoms in total. The van der Waals surface area contributed by atoms with Crippen LogP contribution >= 0.6 is 22.6 Å². The lowest BCUT2D eigenvalue weighted by atomic mass is 9.98. The third-order valence-corrected chi connectivity index (χ3v) is 3.36. The van der Waals surface area contributed by atoms with Gasteiger partial charge in [0.2, 0.25) is 0 Å². The minimum Gasteiger partial charge on any atom is -0.461 e. The van der Waals surface area contributed by atoms with Crippen molar-refractivity contribution in [3.8, 4) is 0 Å². The normalized spacial score (nSPS) is 31.5. The number of esters is 1. The van der Waals surface area contributed by atoms with Crippen LogP contribution in [0, 0.1) is 0 Å². The first-order valence-corrected chi connectivity index (χ1v) is 5.26. The smallest absolute Gasteiger partial charge is 0.302 e. The van der Waals surface area contributed by atoms with Gasteiger partial charge in [-0.3, -0.25) is 4.79 Å². The van der Waals surface area contributed by atoms with E-state index in [9.17, 15) is 4.79 Å². The Morgan fingerprint density at radius 2 is 2.09 bits per heavy atom. The fraction of sp³-hybridized carbons (Fsp3) is 0.875. The van der Waals surface area contributed by atoms with Crippen LogP contribution in [0.5, 0.6) is 0 Å². The second kappa shape index (κ2) is 4.28. The predicted octanol–water partition coefficient (Wildman–Crippen LogP) is 2.30. The molecule has 11 heavy (non-hydrogen) atoms. The fourth-order valence-corrected chi connectivity index (χ4v) is 2.34. The van der Waals surface area contributed by atoms with Gasteiger partial charge in [-0.25, -0.2) is 0 Å². The molecule has 2 atom stereocenters. The molecule has 0 aromatic carbocycles. The Labute approximate surface area is 80.8 Å². The largest absolute Gasteiger partial charge is 0.461 e. The van der Waals surface area contributed by atoms with E-state index in [1.54, 1.807) is 0 Å². The van der Waals surface area contributed by atoms with E-state index in [0.717, 1.165) is 6.42 Å². The summed E-state index contributed by atoms with van der Waals surface area (Å²) in [6.07, 6.45) is 4.91. The van der Waals surface area contributed by atoms with Gasteiger partial charge in [-0.05, 0) is 19.3 Å². The molecule has 1 aliphatic rings. The average Bonchev–Trinajstić information content (AvgIpc) is 1.93. The fourth-order valence-electron chi connectivity index (χ4n) is 1.40. The predicted molar refractivity (Wildman–Crippen MR) is 51.8 cm³/mol. The van der Waals surface area contributed by atoms with E-state index in [0.29, 0.717) is 3.92 Å². The standard InChI is InChI=1S/C8H13IO2/c1-6(10)11-8-5-3-2-4-7(8)9/h7-8H,2-5H2,1H3/t7-,8+/m1/s1. The maximum absolute atomic E-state index is 10.6. The lowest BCUT2D eigenvalue weighted by molar-refractivity contribution is -0.147. The highest BCUT2D eigenvalue weighted by atomic mass is 127. The van der Waals surface area contributed by atoms with E-state index >= 15 is 0 Å². The van der Waals surface area contributed by atoms with Crippen molar-refractivity contribution in [2.75, 3.05) is 0 Å². The van der Waals surface area contributed by atoms with Crippen LogP contribution < -0.4 is 0 Å². The Balaban J connectivity index is 2.35. The van der Waals surface area contributed by atoms with E-state index in [-0.39, 0.29) is 12.1 Å². The third-order valence-electron chi connectivity index (χ3n) is 1.94. The van der Waals surface area contributed by atoms with E-state index in [4.69, 9.17) is 4.74 Å². The molecule has 0 radical (unpaired) electrons. The highest BCUT2D eigenvalue weighted by molar-refractivity contribution is 14.1. The van der Waals surface area contributed by atoms with E-state index in [1.165, 1.54) is 26.2 Å². The molecule has 3 heteroatoms. The summed E-state index contributed by atoms with van der Waals surface area (Å²) in [6.45, 7) is 1.48. The van der Waals surface area contributed by atoms with Crippen LogP contribution in [0.3, 0.4) is 0 Å². The second-order valence-corrected chi connectivity index (χ2v) is 4.55. The van der Waals surface area contributed by atoms with Crippen molar-refractivity contribution >= 4 is 28.6 Å². The SMILES string of the molecule is CC(=O)O[C@H]1CCCC[C@H]1I. The Kier molecular flexibility index (Phi) is 3.62. The van der Waals surface area contributed by atoms with E-state index < -0.39 is 0 Å². The van der Waals surface area contributed by atoms with Gasteiger partial charge in [-0.2, -0.15) is 0 Å². The first-order valence-electron chi connectivity index (χ1n) is 4.01. The summed E-state index contributed by atoms with van der Waals surface area (Å²) in [4.78, 5) is 10.6. The van der Waals surface area contributed by atoms with Gasteiger partial charge in [0.05, 0.1) is 0 Å². The van der Waals surface area contributed by atoms with Crippen molar-refractivity contribution in [2.24, 2.45) is 0 Å². The molecule has 1 fully saturated rings. The molecule has 0 spiro atoms. The van der Waals surface area contributed by atoms with Crippen molar-refractivity contribution in [1.82, 2.24) is 0 Å². The first kappa shape index (κ1) is 9.29. The summed E-state index contributed by atoms with van der Waals surface area (Å²) < 4.78 is 5.69. The number of ether oxygens (including phenoxy) is 1. The lowest BCUT2D eigenvalue weighted by Gasteiger charge is -2.26. The van der Waals surface area contributed by atoms with Crippen molar-refractivity contribution in [3.05, 3.63) is 0 Å². The molecule has 0 N–H and O–H groups in total. The number of halogens is 1. The van der Waals surface area contributed by atoms with Gasteiger partial charge in [-0.15, -0.1) is 0 Å². The van der Waals surface area contributed by atoms with Crippen LogP contribution in [-0.4, -0.2) is 16.0 Å². The molecule has 0 amide bonds. The number of carbonyl (C=O) groups excluding carboxylic acids is 1. The summed E-state index contributed by atoms with van der Waals surface area (Å²) in [7, 11) is 0. The van der Waals surface area contributed by atoms with Gasteiger partial charge < -0.3 is 4.74 Å². The number of carbonyl (C=O) groups is 1. The van der Waals surface area contributed by atoms with Crippen LogP contribution in [0.25, 0.3) is 0 Å². The summed E-state index contributed by atoms with van der Waals surface area (Å²) >= 11 is 2.37. The zero-order valence-corrected chi connectivity index (χ0v) is 8.84. The Hall–Kier alpha value is 0.200. The molecule has 0 unspecified atom stereocenters. The van der Waals surface area contributed by atoms with Crippen molar-refractivity contribution in [1.29, 1.82) is 0 Å².